The summed E-state index contributed by atoms with van der Waals surface area (Å²) in [6, 6.07) is 3.57. The fourth-order valence-corrected chi connectivity index (χ4v) is 3.28. The summed E-state index contributed by atoms with van der Waals surface area (Å²) in [6.45, 7) is 2.00. The lowest BCUT2D eigenvalue weighted by Gasteiger charge is -2.12. The van der Waals surface area contributed by atoms with Crippen LogP contribution < -0.4 is 16.4 Å². The maximum atomic E-state index is 13.9. The van der Waals surface area contributed by atoms with Crippen LogP contribution in [-0.2, 0) is 17.8 Å². The largest absolute Gasteiger partial charge is 0.381 e. The van der Waals surface area contributed by atoms with E-state index in [9.17, 15) is 13.6 Å². The maximum absolute atomic E-state index is 13.9. The Balaban J connectivity index is 1.49. The highest BCUT2D eigenvalue weighted by Crippen LogP contribution is 2.20. The zero-order valence-electron chi connectivity index (χ0n) is 16.5. The zero-order chi connectivity index (χ0) is 21.8. The van der Waals surface area contributed by atoms with Gasteiger partial charge in [0.2, 0.25) is 5.95 Å². The van der Waals surface area contributed by atoms with Crippen LogP contribution in [0.5, 0.6) is 0 Å². The monoisotopic (exact) mass is 429 g/mol. The number of amides is 1. The van der Waals surface area contributed by atoms with E-state index < -0.39 is 17.5 Å². The number of anilines is 3. The van der Waals surface area contributed by atoms with Gasteiger partial charge in [-0.2, -0.15) is 10.1 Å². The van der Waals surface area contributed by atoms with E-state index in [2.05, 4.69) is 25.7 Å². The highest BCUT2D eigenvalue weighted by Gasteiger charge is 2.17. The van der Waals surface area contributed by atoms with Gasteiger partial charge in [-0.25, -0.2) is 13.8 Å². The van der Waals surface area contributed by atoms with Crippen LogP contribution in [0, 0.1) is 17.6 Å². The van der Waals surface area contributed by atoms with Crippen molar-refractivity contribution in [3.63, 3.8) is 0 Å². The van der Waals surface area contributed by atoms with Gasteiger partial charge in [-0.1, -0.05) is 6.07 Å². The summed E-state index contributed by atoms with van der Waals surface area (Å²) in [6.07, 6.45) is 5.68. The molecule has 0 bridgehead atoms. The SMILES string of the molecule is NC(=O)c1cnc(Nc2cnn(CC3CCOC3)c2)nc1NCc1c(F)cccc1F. The van der Waals surface area contributed by atoms with Crippen LogP contribution in [0.25, 0.3) is 0 Å². The van der Waals surface area contributed by atoms with Gasteiger partial charge in [0.05, 0.1) is 24.1 Å². The van der Waals surface area contributed by atoms with Gasteiger partial charge in [-0.3, -0.25) is 9.48 Å². The molecule has 0 saturated carbocycles. The molecule has 0 aliphatic carbocycles. The van der Waals surface area contributed by atoms with E-state index in [1.165, 1.54) is 12.3 Å². The number of carbonyl (C=O) groups excluding carboxylic acids is 1. The number of carbonyl (C=O) groups is 1. The molecule has 1 atom stereocenters. The van der Waals surface area contributed by atoms with E-state index >= 15 is 0 Å². The Kier molecular flexibility index (Phi) is 6.03. The molecule has 2 aromatic heterocycles. The van der Waals surface area contributed by atoms with Crippen molar-refractivity contribution in [3.8, 4) is 0 Å². The van der Waals surface area contributed by atoms with Gasteiger partial charge < -0.3 is 21.1 Å². The van der Waals surface area contributed by atoms with E-state index in [0.717, 1.165) is 38.3 Å². The van der Waals surface area contributed by atoms with Crippen molar-refractivity contribution < 1.29 is 18.3 Å². The van der Waals surface area contributed by atoms with Crippen LogP contribution in [0.4, 0.5) is 26.2 Å². The fourth-order valence-electron chi connectivity index (χ4n) is 3.28. The molecule has 0 spiro atoms. The lowest BCUT2D eigenvalue weighted by molar-refractivity contribution is 0.100. The molecular weight excluding hydrogens is 408 g/mol. The molecule has 0 radical (unpaired) electrons. The minimum atomic E-state index is -0.769. The van der Waals surface area contributed by atoms with Crippen LogP contribution in [-0.4, -0.2) is 38.9 Å². The van der Waals surface area contributed by atoms with Crippen LogP contribution in [0.3, 0.4) is 0 Å². The molecular formula is C20H21F2N7O2. The highest BCUT2D eigenvalue weighted by molar-refractivity contribution is 5.97. The molecule has 1 aromatic carbocycles. The molecule has 4 N–H and O–H groups in total. The lowest BCUT2D eigenvalue weighted by atomic mass is 10.1. The minimum absolute atomic E-state index is 0.000717. The quantitative estimate of drug-likeness (QED) is 0.503. The van der Waals surface area contributed by atoms with Gasteiger partial charge >= 0.3 is 0 Å². The molecule has 31 heavy (non-hydrogen) atoms. The summed E-state index contributed by atoms with van der Waals surface area (Å²) >= 11 is 0. The maximum Gasteiger partial charge on any atom is 0.254 e. The average molecular weight is 429 g/mol. The number of nitrogens with one attached hydrogen (secondary N) is 2. The molecule has 3 heterocycles. The summed E-state index contributed by atoms with van der Waals surface area (Å²) in [5.74, 6) is -1.53. The summed E-state index contributed by atoms with van der Waals surface area (Å²) < 4.78 is 35.0. The number of halogens is 2. The first kappa shape index (κ1) is 20.7. The molecule has 1 aliphatic heterocycles. The third kappa shape index (κ3) is 4.94. The van der Waals surface area contributed by atoms with Gasteiger partial charge in [-0.15, -0.1) is 0 Å². The normalized spacial score (nSPS) is 15.7. The summed E-state index contributed by atoms with van der Waals surface area (Å²) in [5.41, 5.74) is 5.85. The number of aromatic nitrogens is 4. The number of hydrogen-bond acceptors (Lipinski definition) is 7. The topological polar surface area (TPSA) is 120 Å². The molecule has 3 aromatic rings. The number of rotatable bonds is 8. The Hall–Kier alpha value is -3.60. The number of primary amides is 1. The Morgan fingerprint density at radius 2 is 2.10 bits per heavy atom. The Labute approximate surface area is 176 Å². The second kappa shape index (κ2) is 9.04. The molecule has 4 rings (SSSR count). The predicted molar refractivity (Wildman–Crippen MR) is 109 cm³/mol. The van der Waals surface area contributed by atoms with Crippen LogP contribution >= 0.6 is 0 Å². The standard InChI is InChI=1S/C20H21F2N7O2/c21-16-2-1-3-17(22)14(16)7-24-19-15(18(23)30)8-25-20(28-19)27-13-6-26-29(10-13)9-12-4-5-31-11-12/h1-3,6,8,10,12H,4-5,7,9,11H2,(H2,23,30)(H2,24,25,27,28). The van der Waals surface area contributed by atoms with E-state index in [4.69, 9.17) is 10.5 Å². The molecule has 1 amide bonds. The van der Waals surface area contributed by atoms with E-state index in [-0.39, 0.29) is 29.4 Å². The van der Waals surface area contributed by atoms with E-state index in [1.807, 2.05) is 6.20 Å². The lowest BCUT2D eigenvalue weighted by Crippen LogP contribution is -2.17. The van der Waals surface area contributed by atoms with Gasteiger partial charge in [0, 0.05) is 43.6 Å². The fraction of sp³-hybridized carbons (Fsp3) is 0.300. The minimum Gasteiger partial charge on any atom is -0.381 e. The van der Waals surface area contributed by atoms with Crippen molar-refractivity contribution >= 4 is 23.4 Å². The number of nitrogens with zero attached hydrogens (tertiary/aromatic N) is 4. The molecule has 11 heteroatoms. The van der Waals surface area contributed by atoms with Gasteiger partial charge in [0.15, 0.2) is 0 Å². The number of hydrogen-bond donors (Lipinski definition) is 3. The molecule has 1 aliphatic rings. The highest BCUT2D eigenvalue weighted by atomic mass is 19.1. The molecule has 162 valence electrons. The van der Waals surface area contributed by atoms with Crippen LogP contribution in [0.1, 0.15) is 22.3 Å². The first-order chi connectivity index (χ1) is 15.0. The summed E-state index contributed by atoms with van der Waals surface area (Å²) in [7, 11) is 0. The first-order valence-corrected chi connectivity index (χ1v) is 9.70. The summed E-state index contributed by atoms with van der Waals surface area (Å²) in [5, 5.41) is 10.1. The van der Waals surface area contributed by atoms with Gasteiger partial charge in [0.25, 0.3) is 5.91 Å². The molecule has 9 nitrogen and oxygen atoms in total. The van der Waals surface area contributed by atoms with Gasteiger partial charge in [0.1, 0.15) is 17.5 Å². The van der Waals surface area contributed by atoms with Crippen molar-refractivity contribution in [1.29, 1.82) is 0 Å². The smallest absolute Gasteiger partial charge is 0.254 e. The van der Waals surface area contributed by atoms with Crippen molar-refractivity contribution in [2.75, 3.05) is 23.8 Å². The number of nitrogens with two attached hydrogens (primary N) is 1. The van der Waals surface area contributed by atoms with E-state index in [0.29, 0.717) is 11.6 Å². The molecule has 1 fully saturated rings. The predicted octanol–water partition coefficient (Wildman–Crippen LogP) is 2.44. The molecule has 1 saturated heterocycles. The Bertz CT molecular complexity index is 1060. The third-order valence-corrected chi connectivity index (χ3v) is 4.91. The molecule has 1 unspecified atom stereocenters. The number of benzene rings is 1. The van der Waals surface area contributed by atoms with E-state index in [1.54, 1.807) is 10.9 Å². The van der Waals surface area contributed by atoms with Crippen molar-refractivity contribution in [2.45, 2.75) is 19.5 Å². The average Bonchev–Trinajstić information content (AvgIpc) is 3.40. The van der Waals surface area contributed by atoms with Crippen molar-refractivity contribution in [1.82, 2.24) is 19.7 Å². The zero-order valence-corrected chi connectivity index (χ0v) is 16.5. The summed E-state index contributed by atoms with van der Waals surface area (Å²) in [4.78, 5) is 20.0. The first-order valence-electron chi connectivity index (χ1n) is 9.70. The van der Waals surface area contributed by atoms with Crippen molar-refractivity contribution in [2.24, 2.45) is 11.7 Å². The van der Waals surface area contributed by atoms with Crippen LogP contribution in [0.2, 0.25) is 0 Å². The van der Waals surface area contributed by atoms with Crippen LogP contribution in [0.15, 0.2) is 36.8 Å². The number of ether oxygens (including phenoxy) is 1. The second-order valence-electron chi connectivity index (χ2n) is 7.18. The Morgan fingerprint density at radius 3 is 2.81 bits per heavy atom. The second-order valence-corrected chi connectivity index (χ2v) is 7.18. The Morgan fingerprint density at radius 1 is 1.29 bits per heavy atom. The third-order valence-electron chi connectivity index (χ3n) is 4.91. The van der Waals surface area contributed by atoms with Gasteiger partial charge in [-0.05, 0) is 18.6 Å². The van der Waals surface area contributed by atoms with Crippen molar-refractivity contribution in [3.05, 3.63) is 59.6 Å².